The molecule has 1 aliphatic heterocycles. The number of aromatic nitrogens is 1. The molecule has 0 bridgehead atoms. The van der Waals surface area contributed by atoms with E-state index in [2.05, 4.69) is 10.3 Å². The summed E-state index contributed by atoms with van der Waals surface area (Å²) in [5.41, 5.74) is 3.19. The zero-order valence-corrected chi connectivity index (χ0v) is 20.3. The fraction of sp³-hybridized carbons (Fsp3) is 0.346. The number of piperidine rings is 1. The molecule has 2 heterocycles. The summed E-state index contributed by atoms with van der Waals surface area (Å²) in [7, 11) is 3.19. The van der Waals surface area contributed by atoms with E-state index < -0.39 is 0 Å². The van der Waals surface area contributed by atoms with Crippen LogP contribution in [0.2, 0.25) is 0 Å². The number of ether oxygens (including phenoxy) is 2. The molecule has 0 unspecified atom stereocenters. The highest BCUT2D eigenvalue weighted by Crippen LogP contribution is 2.33. The van der Waals surface area contributed by atoms with Gasteiger partial charge in [-0.1, -0.05) is 12.1 Å². The topological polar surface area (TPSA) is 80.8 Å². The van der Waals surface area contributed by atoms with Crippen molar-refractivity contribution >= 4 is 23.2 Å². The van der Waals surface area contributed by atoms with E-state index in [4.69, 9.17) is 9.47 Å². The van der Waals surface area contributed by atoms with Gasteiger partial charge in [0.15, 0.2) is 11.5 Å². The van der Waals surface area contributed by atoms with E-state index in [9.17, 15) is 9.59 Å². The number of hydrogen-bond acceptors (Lipinski definition) is 6. The molecule has 0 saturated carbocycles. The molecule has 1 fully saturated rings. The van der Waals surface area contributed by atoms with Gasteiger partial charge in [0, 0.05) is 36.1 Å². The van der Waals surface area contributed by atoms with Gasteiger partial charge in [-0.25, -0.2) is 4.98 Å². The highest BCUT2D eigenvalue weighted by Gasteiger charge is 2.18. The van der Waals surface area contributed by atoms with Gasteiger partial charge < -0.3 is 19.7 Å². The number of thiazole rings is 1. The van der Waals surface area contributed by atoms with Crippen molar-refractivity contribution < 1.29 is 19.1 Å². The molecule has 0 spiro atoms. The van der Waals surface area contributed by atoms with Gasteiger partial charge in [-0.05, 0) is 55.2 Å². The summed E-state index contributed by atoms with van der Waals surface area (Å²) in [5, 5.41) is 5.64. The van der Waals surface area contributed by atoms with E-state index in [0.29, 0.717) is 29.3 Å². The van der Waals surface area contributed by atoms with E-state index in [-0.39, 0.29) is 18.2 Å². The molecule has 2 amide bonds. The van der Waals surface area contributed by atoms with Crippen LogP contribution in [0.4, 0.5) is 0 Å². The Morgan fingerprint density at radius 2 is 1.82 bits per heavy atom. The highest BCUT2D eigenvalue weighted by molar-refractivity contribution is 7.13. The fourth-order valence-corrected chi connectivity index (χ4v) is 4.83. The first-order valence-corrected chi connectivity index (χ1v) is 12.3. The van der Waals surface area contributed by atoms with Crippen molar-refractivity contribution in [2.24, 2.45) is 0 Å². The lowest BCUT2D eigenvalue weighted by atomic mass is 10.1. The maximum atomic E-state index is 12.7. The predicted octanol–water partition coefficient (Wildman–Crippen LogP) is 4.31. The van der Waals surface area contributed by atoms with Crippen molar-refractivity contribution in [1.29, 1.82) is 0 Å². The smallest absolute Gasteiger partial charge is 0.253 e. The molecule has 1 N–H and O–H groups in total. The highest BCUT2D eigenvalue weighted by atomic mass is 32.1. The summed E-state index contributed by atoms with van der Waals surface area (Å²) in [4.78, 5) is 31.8. The monoisotopic (exact) mass is 479 g/mol. The Kier molecular flexibility index (Phi) is 7.80. The Hall–Kier alpha value is -3.39. The summed E-state index contributed by atoms with van der Waals surface area (Å²) in [6, 6.07) is 13.1. The Labute approximate surface area is 203 Å². The number of methoxy groups -OCH3 is 2. The van der Waals surface area contributed by atoms with E-state index in [1.165, 1.54) is 17.8 Å². The summed E-state index contributed by atoms with van der Waals surface area (Å²) in [6.45, 7) is 2.00. The molecule has 1 aliphatic rings. The molecule has 0 atom stereocenters. The van der Waals surface area contributed by atoms with E-state index in [1.807, 2.05) is 52.7 Å². The van der Waals surface area contributed by atoms with Gasteiger partial charge in [0.25, 0.3) is 5.91 Å². The summed E-state index contributed by atoms with van der Waals surface area (Å²) < 4.78 is 10.6. The maximum absolute atomic E-state index is 12.7. The zero-order valence-electron chi connectivity index (χ0n) is 19.5. The van der Waals surface area contributed by atoms with Crippen LogP contribution in [0.15, 0.2) is 47.8 Å². The third-order valence-corrected chi connectivity index (χ3v) is 6.77. The molecular formula is C26H29N3O4S. The molecule has 7 nitrogen and oxygen atoms in total. The van der Waals surface area contributed by atoms with Crippen LogP contribution in [-0.4, -0.2) is 49.0 Å². The van der Waals surface area contributed by atoms with Gasteiger partial charge in [0.05, 0.1) is 26.3 Å². The Balaban J connectivity index is 1.33. The van der Waals surface area contributed by atoms with Crippen molar-refractivity contribution in [3.63, 3.8) is 0 Å². The van der Waals surface area contributed by atoms with Crippen molar-refractivity contribution in [2.45, 2.75) is 32.2 Å². The van der Waals surface area contributed by atoms with Crippen LogP contribution in [0, 0.1) is 0 Å². The Morgan fingerprint density at radius 3 is 2.59 bits per heavy atom. The van der Waals surface area contributed by atoms with Gasteiger partial charge in [0.1, 0.15) is 5.01 Å². The molecule has 3 aromatic rings. The van der Waals surface area contributed by atoms with E-state index >= 15 is 0 Å². The largest absolute Gasteiger partial charge is 0.493 e. The standard InChI is InChI=1S/C26H29N3O4S/c1-32-22-10-9-19(14-23(22)33-2)25-28-21(17-34-25)15-24(30)27-16-18-7-6-8-20(13-18)26(31)29-11-4-3-5-12-29/h6-10,13-14,17H,3-5,11-12,15-16H2,1-2H3,(H,27,30). The van der Waals surface area contributed by atoms with E-state index in [1.54, 1.807) is 14.2 Å². The van der Waals surface area contributed by atoms with Gasteiger partial charge >= 0.3 is 0 Å². The van der Waals surface area contributed by atoms with Crippen LogP contribution >= 0.6 is 11.3 Å². The third-order valence-electron chi connectivity index (χ3n) is 5.83. The molecule has 8 heteroatoms. The summed E-state index contributed by atoms with van der Waals surface area (Å²) in [6.07, 6.45) is 3.50. The van der Waals surface area contributed by atoms with Crippen LogP contribution in [0.1, 0.15) is 40.9 Å². The van der Waals surface area contributed by atoms with Crippen molar-refractivity contribution in [1.82, 2.24) is 15.2 Å². The van der Waals surface area contributed by atoms with Gasteiger partial charge in [-0.15, -0.1) is 11.3 Å². The molecule has 0 aliphatic carbocycles. The number of amides is 2. The average Bonchev–Trinajstić information content (AvgIpc) is 3.35. The molecular weight excluding hydrogens is 450 g/mol. The average molecular weight is 480 g/mol. The third kappa shape index (κ3) is 5.75. The molecule has 2 aromatic carbocycles. The Morgan fingerprint density at radius 1 is 1.03 bits per heavy atom. The lowest BCUT2D eigenvalue weighted by Gasteiger charge is -2.26. The minimum Gasteiger partial charge on any atom is -0.493 e. The first-order valence-electron chi connectivity index (χ1n) is 11.4. The molecule has 4 rings (SSSR count). The van der Waals surface area contributed by atoms with Gasteiger partial charge in [-0.2, -0.15) is 0 Å². The quantitative estimate of drug-likeness (QED) is 0.521. The minimum absolute atomic E-state index is 0.0676. The normalized spacial score (nSPS) is 13.4. The zero-order chi connectivity index (χ0) is 23.9. The first-order chi connectivity index (χ1) is 16.6. The number of carbonyl (C=O) groups excluding carboxylic acids is 2. The number of nitrogens with one attached hydrogen (secondary N) is 1. The fourth-order valence-electron chi connectivity index (χ4n) is 4.01. The summed E-state index contributed by atoms with van der Waals surface area (Å²) in [5.74, 6) is 1.24. The minimum atomic E-state index is -0.114. The molecule has 34 heavy (non-hydrogen) atoms. The number of rotatable bonds is 8. The van der Waals surface area contributed by atoms with Gasteiger partial charge in [0.2, 0.25) is 5.91 Å². The second-order valence-electron chi connectivity index (χ2n) is 8.22. The molecule has 1 aromatic heterocycles. The SMILES string of the molecule is COc1ccc(-c2nc(CC(=O)NCc3cccc(C(=O)N4CCCCC4)c3)cs2)cc1OC. The number of benzene rings is 2. The van der Waals surface area contributed by atoms with Crippen LogP contribution in [0.5, 0.6) is 11.5 Å². The molecule has 178 valence electrons. The Bertz CT molecular complexity index is 1150. The molecule has 1 saturated heterocycles. The first kappa shape index (κ1) is 23.8. The summed E-state index contributed by atoms with van der Waals surface area (Å²) >= 11 is 1.48. The second-order valence-corrected chi connectivity index (χ2v) is 9.08. The second kappa shape index (κ2) is 11.2. The predicted molar refractivity (Wildman–Crippen MR) is 132 cm³/mol. The lowest BCUT2D eigenvalue weighted by Crippen LogP contribution is -2.35. The molecule has 0 radical (unpaired) electrons. The number of hydrogen-bond donors (Lipinski definition) is 1. The van der Waals surface area contributed by atoms with Crippen molar-refractivity contribution in [2.75, 3.05) is 27.3 Å². The van der Waals surface area contributed by atoms with Crippen LogP contribution < -0.4 is 14.8 Å². The van der Waals surface area contributed by atoms with Crippen LogP contribution in [0.3, 0.4) is 0 Å². The van der Waals surface area contributed by atoms with Crippen LogP contribution in [-0.2, 0) is 17.8 Å². The van der Waals surface area contributed by atoms with Crippen molar-refractivity contribution in [3.05, 3.63) is 64.7 Å². The number of nitrogens with zero attached hydrogens (tertiary/aromatic N) is 2. The maximum Gasteiger partial charge on any atom is 0.253 e. The van der Waals surface area contributed by atoms with E-state index in [0.717, 1.165) is 42.1 Å². The van der Waals surface area contributed by atoms with Crippen molar-refractivity contribution in [3.8, 4) is 22.1 Å². The number of carbonyl (C=O) groups is 2. The van der Waals surface area contributed by atoms with Crippen LogP contribution in [0.25, 0.3) is 10.6 Å². The van der Waals surface area contributed by atoms with Gasteiger partial charge in [-0.3, -0.25) is 9.59 Å². The number of likely N-dealkylation sites (tertiary alicyclic amines) is 1. The lowest BCUT2D eigenvalue weighted by molar-refractivity contribution is -0.120.